The van der Waals surface area contributed by atoms with Gasteiger partial charge in [-0.05, 0) is 12.1 Å². The molecule has 0 saturated heterocycles. The first-order chi connectivity index (χ1) is 10.5. The molecule has 6 nitrogen and oxygen atoms in total. The third-order valence-electron chi connectivity index (χ3n) is 2.67. The predicted molar refractivity (Wildman–Crippen MR) is 74.5 cm³/mol. The quantitative estimate of drug-likeness (QED) is 0.535. The van der Waals surface area contributed by atoms with E-state index in [0.29, 0.717) is 0 Å². The number of rotatable bonds is 4. The summed E-state index contributed by atoms with van der Waals surface area (Å²) in [5, 5.41) is 14.1. The minimum absolute atomic E-state index is 0.0195. The first-order valence-corrected chi connectivity index (χ1v) is 6.01. The third-order valence-corrected chi connectivity index (χ3v) is 2.67. The zero-order valence-electron chi connectivity index (χ0n) is 11.0. The van der Waals surface area contributed by atoms with Crippen LogP contribution >= 0.6 is 0 Å². The highest BCUT2D eigenvalue weighted by molar-refractivity contribution is 5.95. The van der Waals surface area contributed by atoms with Crippen LogP contribution in [0.1, 0.15) is 15.9 Å². The van der Waals surface area contributed by atoms with Gasteiger partial charge in [0.1, 0.15) is 0 Å². The van der Waals surface area contributed by atoms with E-state index in [1.54, 1.807) is 0 Å². The topological polar surface area (TPSA) is 84.6 Å². The highest BCUT2D eigenvalue weighted by Crippen LogP contribution is 2.13. The molecule has 2 aromatic carbocycles. The maximum Gasteiger partial charge on any atom is 0.271 e. The number of carbonyl (C=O) groups is 1. The number of carbonyl (C=O) groups excluding carboxylic acids is 1. The lowest BCUT2D eigenvalue weighted by atomic mass is 10.2. The lowest BCUT2D eigenvalue weighted by Gasteiger charge is -2.00. The van der Waals surface area contributed by atoms with Crippen molar-refractivity contribution in [3.05, 3.63) is 75.3 Å². The fourth-order valence-electron chi connectivity index (χ4n) is 1.61. The number of amides is 1. The molecule has 0 bridgehead atoms. The van der Waals surface area contributed by atoms with Gasteiger partial charge >= 0.3 is 0 Å². The fourth-order valence-corrected chi connectivity index (χ4v) is 1.61. The van der Waals surface area contributed by atoms with Gasteiger partial charge in [0, 0.05) is 23.3 Å². The molecule has 2 rings (SSSR count). The number of non-ortho nitro benzene ring substituents is 1. The molecule has 112 valence electrons. The van der Waals surface area contributed by atoms with E-state index in [-0.39, 0.29) is 16.8 Å². The molecular formula is C14H9F2N3O3. The molecule has 0 heterocycles. The molecule has 0 aromatic heterocycles. The molecule has 1 N–H and O–H groups in total. The van der Waals surface area contributed by atoms with Crippen molar-refractivity contribution in [1.29, 1.82) is 0 Å². The normalized spacial score (nSPS) is 10.6. The van der Waals surface area contributed by atoms with Crippen LogP contribution in [0.5, 0.6) is 0 Å². The van der Waals surface area contributed by atoms with Crippen molar-refractivity contribution in [2.45, 2.75) is 0 Å². The predicted octanol–water partition coefficient (Wildman–Crippen LogP) is 2.64. The van der Waals surface area contributed by atoms with E-state index in [4.69, 9.17) is 0 Å². The molecule has 0 aliphatic heterocycles. The number of nitrogens with zero attached hydrogens (tertiary/aromatic N) is 2. The second kappa shape index (κ2) is 6.53. The summed E-state index contributed by atoms with van der Waals surface area (Å²) in [7, 11) is 0. The summed E-state index contributed by atoms with van der Waals surface area (Å²) in [4.78, 5) is 21.7. The highest BCUT2D eigenvalue weighted by Gasteiger charge is 2.11. The summed E-state index contributed by atoms with van der Waals surface area (Å²) < 4.78 is 26.3. The summed E-state index contributed by atoms with van der Waals surface area (Å²) in [5.41, 5.74) is 1.72. The average Bonchev–Trinajstić information content (AvgIpc) is 2.51. The van der Waals surface area contributed by atoms with Crippen LogP contribution in [0.4, 0.5) is 14.5 Å². The largest absolute Gasteiger partial charge is 0.271 e. The Hall–Kier alpha value is -3.16. The molecule has 0 aliphatic carbocycles. The molecule has 0 saturated carbocycles. The van der Waals surface area contributed by atoms with E-state index in [9.17, 15) is 23.7 Å². The second-order valence-corrected chi connectivity index (χ2v) is 4.15. The van der Waals surface area contributed by atoms with Gasteiger partial charge in [-0.2, -0.15) is 5.10 Å². The maximum absolute atomic E-state index is 13.3. The minimum atomic E-state index is -1.09. The number of nitro benzene ring substituents is 1. The van der Waals surface area contributed by atoms with Gasteiger partial charge in [0.05, 0.1) is 11.1 Å². The van der Waals surface area contributed by atoms with Crippen LogP contribution in [0.25, 0.3) is 0 Å². The van der Waals surface area contributed by atoms with Crippen molar-refractivity contribution in [3.63, 3.8) is 0 Å². The standard InChI is InChI=1S/C14H9F2N3O3/c15-12-6-2-4-10(13(12)16)8-17-18-14(20)9-3-1-5-11(7-9)19(21)22/h1-8H,(H,18,20). The van der Waals surface area contributed by atoms with Gasteiger partial charge in [-0.3, -0.25) is 14.9 Å². The number of halogens is 2. The van der Waals surface area contributed by atoms with Crippen molar-refractivity contribution in [2.24, 2.45) is 5.10 Å². The molecule has 0 radical (unpaired) electrons. The van der Waals surface area contributed by atoms with E-state index >= 15 is 0 Å². The molecule has 1 amide bonds. The van der Waals surface area contributed by atoms with Crippen molar-refractivity contribution in [3.8, 4) is 0 Å². The van der Waals surface area contributed by atoms with Crippen molar-refractivity contribution in [2.75, 3.05) is 0 Å². The summed E-state index contributed by atoms with van der Waals surface area (Å²) >= 11 is 0. The van der Waals surface area contributed by atoms with Gasteiger partial charge in [0.2, 0.25) is 0 Å². The van der Waals surface area contributed by atoms with Crippen LogP contribution in [0.3, 0.4) is 0 Å². The zero-order chi connectivity index (χ0) is 16.1. The van der Waals surface area contributed by atoms with E-state index < -0.39 is 22.5 Å². The monoisotopic (exact) mass is 305 g/mol. The average molecular weight is 305 g/mol. The van der Waals surface area contributed by atoms with Crippen LogP contribution in [0.2, 0.25) is 0 Å². The Balaban J connectivity index is 2.09. The van der Waals surface area contributed by atoms with Gasteiger partial charge in [-0.1, -0.05) is 18.2 Å². The molecule has 0 aliphatic rings. The minimum Gasteiger partial charge on any atom is -0.267 e. The van der Waals surface area contributed by atoms with Crippen molar-refractivity contribution in [1.82, 2.24) is 5.43 Å². The number of nitro groups is 1. The van der Waals surface area contributed by atoms with Crippen LogP contribution in [0.15, 0.2) is 47.6 Å². The lowest BCUT2D eigenvalue weighted by molar-refractivity contribution is -0.384. The molecule has 2 aromatic rings. The van der Waals surface area contributed by atoms with E-state index in [2.05, 4.69) is 10.5 Å². The third kappa shape index (κ3) is 3.48. The van der Waals surface area contributed by atoms with Gasteiger partial charge < -0.3 is 0 Å². The van der Waals surface area contributed by atoms with Crippen LogP contribution in [-0.4, -0.2) is 17.0 Å². The number of benzene rings is 2. The second-order valence-electron chi connectivity index (χ2n) is 4.15. The van der Waals surface area contributed by atoms with Crippen LogP contribution < -0.4 is 5.43 Å². The molecule has 0 fully saturated rings. The Morgan fingerprint density at radius 1 is 1.23 bits per heavy atom. The van der Waals surface area contributed by atoms with Crippen LogP contribution in [-0.2, 0) is 0 Å². The van der Waals surface area contributed by atoms with Gasteiger partial charge in [-0.15, -0.1) is 0 Å². The summed E-state index contributed by atoms with van der Waals surface area (Å²) in [6, 6.07) is 8.55. The first-order valence-electron chi connectivity index (χ1n) is 6.01. The summed E-state index contributed by atoms with van der Waals surface area (Å²) in [5.74, 6) is -2.83. The molecule has 0 unspecified atom stereocenters. The van der Waals surface area contributed by atoms with Gasteiger partial charge in [0.15, 0.2) is 11.6 Å². The van der Waals surface area contributed by atoms with Crippen molar-refractivity contribution < 1.29 is 18.5 Å². The van der Waals surface area contributed by atoms with Crippen molar-refractivity contribution >= 4 is 17.8 Å². The lowest BCUT2D eigenvalue weighted by Crippen LogP contribution is -2.17. The summed E-state index contributed by atoms with van der Waals surface area (Å²) in [6.45, 7) is 0. The first kappa shape index (κ1) is 15.2. The van der Waals surface area contributed by atoms with E-state index in [0.717, 1.165) is 18.3 Å². The van der Waals surface area contributed by atoms with E-state index in [1.165, 1.54) is 30.3 Å². The van der Waals surface area contributed by atoms with Gasteiger partial charge in [0.25, 0.3) is 11.6 Å². The number of hydrazone groups is 1. The smallest absolute Gasteiger partial charge is 0.267 e. The Kier molecular flexibility index (Phi) is 4.52. The molecule has 0 atom stereocenters. The Bertz CT molecular complexity index is 763. The SMILES string of the molecule is O=C(NN=Cc1cccc(F)c1F)c1cccc([N+](=O)[O-])c1. The highest BCUT2D eigenvalue weighted by atomic mass is 19.2. The summed E-state index contributed by atoms with van der Waals surface area (Å²) in [6.07, 6.45) is 0.938. The number of hydrogen-bond donors (Lipinski definition) is 1. The fraction of sp³-hybridized carbons (Fsp3) is 0. The molecule has 8 heteroatoms. The maximum atomic E-state index is 13.3. The molecule has 22 heavy (non-hydrogen) atoms. The zero-order valence-corrected chi connectivity index (χ0v) is 11.0. The Morgan fingerprint density at radius 3 is 2.68 bits per heavy atom. The van der Waals surface area contributed by atoms with Crippen LogP contribution in [0, 0.1) is 21.7 Å². The molecular weight excluding hydrogens is 296 g/mol. The van der Waals surface area contributed by atoms with E-state index in [1.807, 2.05) is 0 Å². The Labute approximate surface area is 123 Å². The number of nitrogens with one attached hydrogen (secondary N) is 1. The Morgan fingerprint density at radius 2 is 1.95 bits per heavy atom. The molecule has 0 spiro atoms. The van der Waals surface area contributed by atoms with Gasteiger partial charge in [-0.25, -0.2) is 14.2 Å². The number of hydrogen-bond acceptors (Lipinski definition) is 4.